The van der Waals surface area contributed by atoms with Crippen LogP contribution in [0.5, 0.6) is 0 Å². The van der Waals surface area contributed by atoms with Gasteiger partial charge in [-0.1, -0.05) is 30.3 Å². The van der Waals surface area contributed by atoms with Crippen molar-refractivity contribution >= 4 is 22.6 Å². The van der Waals surface area contributed by atoms with Gasteiger partial charge < -0.3 is 4.57 Å². The summed E-state index contributed by atoms with van der Waals surface area (Å²) in [6.45, 7) is 1.95. The summed E-state index contributed by atoms with van der Waals surface area (Å²) in [6.07, 6.45) is 5.53. The standard InChI is InChI=1S/C22H18N2O/c1-14-17(12-18(13-23)24(14)2)9-11-21(25)19-10-8-16-7-6-15-4-3-5-20(19)22(15)16/h3-5,8-12H,6-7H2,1-2H3. The first-order chi connectivity index (χ1) is 12.1. The van der Waals surface area contributed by atoms with Crippen molar-refractivity contribution in [2.24, 2.45) is 7.05 Å². The minimum atomic E-state index is -0.00244. The minimum Gasteiger partial charge on any atom is -0.339 e. The van der Waals surface area contributed by atoms with Crippen molar-refractivity contribution in [1.82, 2.24) is 4.57 Å². The molecule has 1 aliphatic carbocycles. The Bertz CT molecular complexity index is 1080. The highest BCUT2D eigenvalue weighted by Crippen LogP contribution is 2.33. The summed E-state index contributed by atoms with van der Waals surface area (Å²) in [5.74, 6) is -0.00244. The minimum absolute atomic E-state index is 0.00244. The van der Waals surface area contributed by atoms with E-state index in [2.05, 4.69) is 18.2 Å². The maximum Gasteiger partial charge on any atom is 0.186 e. The van der Waals surface area contributed by atoms with E-state index in [-0.39, 0.29) is 5.78 Å². The molecule has 1 heterocycles. The van der Waals surface area contributed by atoms with Gasteiger partial charge in [0.15, 0.2) is 5.78 Å². The Kier molecular flexibility index (Phi) is 3.54. The number of carbonyl (C=O) groups excluding carboxylic acids is 1. The zero-order valence-corrected chi connectivity index (χ0v) is 14.3. The van der Waals surface area contributed by atoms with Gasteiger partial charge in [0.2, 0.25) is 0 Å². The van der Waals surface area contributed by atoms with Crippen molar-refractivity contribution in [3.8, 4) is 6.07 Å². The second-order valence-corrected chi connectivity index (χ2v) is 6.55. The van der Waals surface area contributed by atoms with E-state index in [1.54, 1.807) is 6.08 Å². The Labute approximate surface area is 146 Å². The third kappa shape index (κ3) is 2.38. The van der Waals surface area contributed by atoms with Crippen LogP contribution in [-0.2, 0) is 19.9 Å². The molecule has 3 heteroatoms. The van der Waals surface area contributed by atoms with Crippen LogP contribution in [0.3, 0.4) is 0 Å². The van der Waals surface area contributed by atoms with Crippen molar-refractivity contribution in [3.63, 3.8) is 0 Å². The van der Waals surface area contributed by atoms with Crippen LogP contribution in [0.1, 0.15) is 38.4 Å². The fraction of sp³-hybridized carbons (Fsp3) is 0.182. The maximum atomic E-state index is 12.8. The molecule has 0 saturated heterocycles. The number of allylic oxidation sites excluding steroid dienone is 1. The number of aromatic nitrogens is 1. The lowest BCUT2D eigenvalue weighted by Gasteiger charge is -2.06. The highest BCUT2D eigenvalue weighted by molar-refractivity contribution is 6.16. The first kappa shape index (κ1) is 15.4. The quantitative estimate of drug-likeness (QED) is 0.530. The molecule has 0 atom stereocenters. The first-order valence-electron chi connectivity index (χ1n) is 8.42. The molecule has 1 aliphatic rings. The van der Waals surface area contributed by atoms with Crippen LogP contribution in [0.2, 0.25) is 0 Å². The van der Waals surface area contributed by atoms with Gasteiger partial charge in [-0.05, 0) is 65.4 Å². The number of aryl methyl sites for hydroxylation is 2. The molecule has 2 aromatic carbocycles. The van der Waals surface area contributed by atoms with E-state index in [0.717, 1.165) is 35.0 Å². The first-order valence-corrected chi connectivity index (χ1v) is 8.42. The Morgan fingerprint density at radius 1 is 1.20 bits per heavy atom. The molecular formula is C22H18N2O. The topological polar surface area (TPSA) is 45.8 Å². The third-order valence-electron chi connectivity index (χ3n) is 5.25. The molecule has 0 fully saturated rings. The van der Waals surface area contributed by atoms with Crippen LogP contribution in [0.15, 0.2) is 42.5 Å². The van der Waals surface area contributed by atoms with Gasteiger partial charge in [0.25, 0.3) is 0 Å². The summed E-state index contributed by atoms with van der Waals surface area (Å²) in [4.78, 5) is 12.8. The van der Waals surface area contributed by atoms with Gasteiger partial charge in [-0.15, -0.1) is 0 Å². The highest BCUT2D eigenvalue weighted by atomic mass is 16.1. The van der Waals surface area contributed by atoms with E-state index in [0.29, 0.717) is 5.69 Å². The summed E-state index contributed by atoms with van der Waals surface area (Å²) in [5.41, 5.74) is 5.88. The number of rotatable bonds is 3. The van der Waals surface area contributed by atoms with Gasteiger partial charge in [0.1, 0.15) is 11.8 Å². The fourth-order valence-electron chi connectivity index (χ4n) is 3.72. The van der Waals surface area contributed by atoms with Crippen LogP contribution < -0.4 is 0 Å². The van der Waals surface area contributed by atoms with E-state index >= 15 is 0 Å². The molecular weight excluding hydrogens is 308 g/mol. The molecule has 0 radical (unpaired) electrons. The molecule has 25 heavy (non-hydrogen) atoms. The number of hydrogen-bond donors (Lipinski definition) is 0. The number of nitrogens with zero attached hydrogens (tertiary/aromatic N) is 2. The SMILES string of the molecule is Cc1c(C=CC(=O)c2ccc3c4c(cccc24)CC3)cc(C#N)n1C. The van der Waals surface area contributed by atoms with E-state index in [1.165, 1.54) is 16.5 Å². The number of ketones is 1. The van der Waals surface area contributed by atoms with Gasteiger partial charge in [-0.25, -0.2) is 0 Å². The molecule has 0 spiro atoms. The molecule has 1 aromatic heterocycles. The largest absolute Gasteiger partial charge is 0.339 e. The molecule has 0 bridgehead atoms. The van der Waals surface area contributed by atoms with Gasteiger partial charge in [0, 0.05) is 18.3 Å². The second-order valence-electron chi connectivity index (χ2n) is 6.55. The lowest BCUT2D eigenvalue weighted by atomic mass is 9.97. The summed E-state index contributed by atoms with van der Waals surface area (Å²) in [5, 5.41) is 11.4. The van der Waals surface area contributed by atoms with E-state index in [9.17, 15) is 4.79 Å². The summed E-state index contributed by atoms with van der Waals surface area (Å²) >= 11 is 0. The number of nitriles is 1. The molecule has 3 nitrogen and oxygen atoms in total. The van der Waals surface area contributed by atoms with Gasteiger partial charge in [0.05, 0.1) is 0 Å². The fourth-order valence-corrected chi connectivity index (χ4v) is 3.72. The van der Waals surface area contributed by atoms with Gasteiger partial charge in [-0.3, -0.25) is 4.79 Å². The molecule has 0 aliphatic heterocycles. The van der Waals surface area contributed by atoms with E-state index in [1.807, 2.05) is 48.9 Å². The molecule has 4 rings (SSSR count). The summed E-state index contributed by atoms with van der Waals surface area (Å²) in [6, 6.07) is 14.2. The van der Waals surface area contributed by atoms with Gasteiger partial charge >= 0.3 is 0 Å². The zero-order valence-electron chi connectivity index (χ0n) is 14.3. The summed E-state index contributed by atoms with van der Waals surface area (Å²) in [7, 11) is 1.86. The average molecular weight is 326 g/mol. The van der Waals surface area contributed by atoms with Crippen LogP contribution in [-0.4, -0.2) is 10.4 Å². The maximum absolute atomic E-state index is 12.8. The predicted octanol–water partition coefficient (Wildman–Crippen LogP) is 4.35. The predicted molar refractivity (Wildman–Crippen MR) is 99.6 cm³/mol. The molecule has 3 aromatic rings. The van der Waals surface area contributed by atoms with E-state index in [4.69, 9.17) is 5.26 Å². The average Bonchev–Trinajstić information content (AvgIpc) is 3.17. The highest BCUT2D eigenvalue weighted by Gasteiger charge is 2.17. The lowest BCUT2D eigenvalue weighted by Crippen LogP contribution is -1.97. The van der Waals surface area contributed by atoms with Crippen molar-refractivity contribution in [1.29, 1.82) is 5.26 Å². The number of carbonyl (C=O) groups is 1. The monoisotopic (exact) mass is 326 g/mol. The zero-order chi connectivity index (χ0) is 17.6. The van der Waals surface area contributed by atoms with Crippen LogP contribution in [0, 0.1) is 18.3 Å². The van der Waals surface area contributed by atoms with Crippen molar-refractivity contribution in [2.75, 3.05) is 0 Å². The van der Waals surface area contributed by atoms with Gasteiger partial charge in [-0.2, -0.15) is 5.26 Å². The molecule has 0 N–H and O–H groups in total. The number of benzene rings is 2. The second kappa shape index (κ2) is 5.75. The van der Waals surface area contributed by atoms with Crippen LogP contribution in [0.4, 0.5) is 0 Å². The lowest BCUT2D eigenvalue weighted by molar-refractivity contribution is 0.104. The van der Waals surface area contributed by atoms with Crippen molar-refractivity contribution < 1.29 is 4.79 Å². The van der Waals surface area contributed by atoms with E-state index < -0.39 is 0 Å². The Morgan fingerprint density at radius 2 is 1.96 bits per heavy atom. The van der Waals surface area contributed by atoms with Crippen LogP contribution in [0.25, 0.3) is 16.8 Å². The van der Waals surface area contributed by atoms with Crippen molar-refractivity contribution in [2.45, 2.75) is 19.8 Å². The molecule has 0 unspecified atom stereocenters. The Hall–Kier alpha value is -3.12. The Balaban J connectivity index is 1.74. The summed E-state index contributed by atoms with van der Waals surface area (Å²) < 4.78 is 1.84. The van der Waals surface area contributed by atoms with Crippen molar-refractivity contribution in [3.05, 3.63) is 76.1 Å². The normalized spacial score (nSPS) is 12.8. The molecule has 0 amide bonds. The number of hydrogen-bond acceptors (Lipinski definition) is 2. The smallest absolute Gasteiger partial charge is 0.186 e. The van der Waals surface area contributed by atoms with Crippen LogP contribution >= 0.6 is 0 Å². The molecule has 122 valence electrons. The third-order valence-corrected chi connectivity index (χ3v) is 5.25. The molecule has 0 saturated carbocycles. The Morgan fingerprint density at radius 3 is 2.68 bits per heavy atom.